The highest BCUT2D eigenvalue weighted by Crippen LogP contribution is 2.51. The normalized spacial score (nSPS) is 20.8. The second-order valence-electron chi connectivity index (χ2n) is 10.6. The second kappa shape index (κ2) is 10.9. The van der Waals surface area contributed by atoms with Crippen molar-refractivity contribution in [3.05, 3.63) is 65.0 Å². The summed E-state index contributed by atoms with van der Waals surface area (Å²) in [6.45, 7) is 4.19. The molecule has 2 aliphatic rings. The van der Waals surface area contributed by atoms with Crippen LogP contribution >= 0.6 is 0 Å². The molecule has 8 nitrogen and oxygen atoms in total. The standard InChI is InChI=1S/C28H29F4N3O5/c1-15(2)10-23(36)33-20-8-9-22-21(12-20)18(13-27(22)25(38)34-26(39)40-27)11-24(37)35(16(3)28(30,31)32)14-17-4-6-19(29)7-5-17/h4-9,12,15-16,18H,10-11,13-14H2,1-3H3,(H,33,36)(H,34,38,39)/t16-,18?,27+/m0/s1. The maximum atomic E-state index is 13.8. The van der Waals surface area contributed by atoms with E-state index in [2.05, 4.69) is 10.6 Å². The van der Waals surface area contributed by atoms with E-state index >= 15 is 0 Å². The topological polar surface area (TPSA) is 105 Å². The molecule has 1 aliphatic carbocycles. The van der Waals surface area contributed by atoms with Gasteiger partial charge in [0, 0.05) is 37.1 Å². The lowest BCUT2D eigenvalue weighted by Crippen LogP contribution is -2.46. The number of nitrogens with zero attached hydrogens (tertiary/aromatic N) is 1. The summed E-state index contributed by atoms with van der Waals surface area (Å²) in [5.41, 5.74) is -0.370. The minimum Gasteiger partial charge on any atom is -0.427 e. The van der Waals surface area contributed by atoms with E-state index in [0.717, 1.165) is 19.1 Å². The number of fused-ring (bicyclic) bond motifs is 2. The Kier molecular flexibility index (Phi) is 7.91. The number of hydrogen-bond donors (Lipinski definition) is 2. The minimum atomic E-state index is -4.74. The van der Waals surface area contributed by atoms with Crippen LogP contribution in [0.15, 0.2) is 42.5 Å². The predicted octanol–water partition coefficient (Wildman–Crippen LogP) is 5.13. The summed E-state index contributed by atoms with van der Waals surface area (Å²) in [4.78, 5) is 51.3. The fourth-order valence-electron chi connectivity index (χ4n) is 5.15. The molecule has 0 radical (unpaired) electrons. The number of alkyl halides is 3. The van der Waals surface area contributed by atoms with Gasteiger partial charge < -0.3 is 15.0 Å². The van der Waals surface area contributed by atoms with Gasteiger partial charge in [-0.25, -0.2) is 9.18 Å². The number of anilines is 1. The van der Waals surface area contributed by atoms with Crippen molar-refractivity contribution in [1.82, 2.24) is 10.2 Å². The van der Waals surface area contributed by atoms with Gasteiger partial charge >= 0.3 is 12.3 Å². The Morgan fingerprint density at radius 1 is 1.12 bits per heavy atom. The van der Waals surface area contributed by atoms with Crippen LogP contribution in [0, 0.1) is 11.7 Å². The number of carbonyl (C=O) groups excluding carboxylic acids is 4. The van der Waals surface area contributed by atoms with Crippen LogP contribution in [0.3, 0.4) is 0 Å². The Morgan fingerprint density at radius 2 is 1.80 bits per heavy atom. The van der Waals surface area contributed by atoms with Crippen molar-refractivity contribution >= 4 is 29.5 Å². The molecule has 214 valence electrons. The molecule has 2 aromatic carbocycles. The average molecular weight is 564 g/mol. The molecule has 0 aromatic heterocycles. The molecule has 2 N–H and O–H groups in total. The SMILES string of the molecule is CC(C)CC(=O)Nc1ccc2c(c1)C(CC(=O)N(Cc1ccc(F)cc1)[C@@H](C)C(F)(F)F)C[C@@]21OC(=O)NC1=O. The zero-order valence-corrected chi connectivity index (χ0v) is 22.1. The predicted molar refractivity (Wildman–Crippen MR) is 135 cm³/mol. The van der Waals surface area contributed by atoms with Crippen LogP contribution in [0.25, 0.3) is 0 Å². The number of hydrogen-bond acceptors (Lipinski definition) is 5. The van der Waals surface area contributed by atoms with Crippen molar-refractivity contribution in [1.29, 1.82) is 0 Å². The summed E-state index contributed by atoms with van der Waals surface area (Å²) in [6, 6.07) is 7.23. The van der Waals surface area contributed by atoms with E-state index in [1.54, 1.807) is 6.07 Å². The Hall–Kier alpha value is -3.96. The van der Waals surface area contributed by atoms with Gasteiger partial charge in [-0.05, 0) is 54.2 Å². The van der Waals surface area contributed by atoms with Crippen molar-refractivity contribution in [2.45, 2.75) is 70.3 Å². The van der Waals surface area contributed by atoms with Crippen molar-refractivity contribution in [2.24, 2.45) is 5.92 Å². The first kappa shape index (κ1) is 29.0. The van der Waals surface area contributed by atoms with Gasteiger partial charge in [0.1, 0.15) is 11.9 Å². The summed E-state index contributed by atoms with van der Waals surface area (Å²) in [7, 11) is 0. The molecule has 1 fully saturated rings. The third kappa shape index (κ3) is 5.95. The van der Waals surface area contributed by atoms with Gasteiger partial charge in [0.2, 0.25) is 17.4 Å². The van der Waals surface area contributed by atoms with Crippen LogP contribution in [-0.2, 0) is 31.3 Å². The van der Waals surface area contributed by atoms with Crippen LogP contribution in [0.4, 0.5) is 28.0 Å². The molecule has 40 heavy (non-hydrogen) atoms. The van der Waals surface area contributed by atoms with Crippen LogP contribution in [0.2, 0.25) is 0 Å². The lowest BCUT2D eigenvalue weighted by atomic mass is 9.94. The molecule has 1 aliphatic heterocycles. The van der Waals surface area contributed by atoms with Gasteiger partial charge in [0.05, 0.1) is 0 Å². The largest absolute Gasteiger partial charge is 0.427 e. The van der Waals surface area contributed by atoms with Crippen LogP contribution in [-0.4, -0.2) is 40.9 Å². The van der Waals surface area contributed by atoms with E-state index in [4.69, 9.17) is 4.74 Å². The van der Waals surface area contributed by atoms with E-state index < -0.39 is 60.4 Å². The van der Waals surface area contributed by atoms with Crippen LogP contribution < -0.4 is 10.6 Å². The maximum absolute atomic E-state index is 13.8. The minimum absolute atomic E-state index is 0.0902. The lowest BCUT2D eigenvalue weighted by molar-refractivity contribution is -0.187. The molecule has 4 amide bonds. The number of halogens is 4. The average Bonchev–Trinajstić information content (AvgIpc) is 3.31. The fourth-order valence-corrected chi connectivity index (χ4v) is 5.15. The van der Waals surface area contributed by atoms with E-state index in [1.165, 1.54) is 24.3 Å². The summed E-state index contributed by atoms with van der Waals surface area (Å²) in [5, 5.41) is 4.84. The molecule has 1 spiro atoms. The van der Waals surface area contributed by atoms with E-state index in [1.807, 2.05) is 13.8 Å². The number of alkyl carbamates (subject to hydrolysis) is 1. The molecule has 1 heterocycles. The molecule has 3 atom stereocenters. The second-order valence-corrected chi connectivity index (χ2v) is 10.6. The number of imide groups is 1. The fraction of sp³-hybridized carbons (Fsp3) is 0.429. The first-order valence-corrected chi connectivity index (χ1v) is 12.8. The summed E-state index contributed by atoms with van der Waals surface area (Å²) >= 11 is 0. The zero-order chi connectivity index (χ0) is 29.4. The number of nitrogens with one attached hydrogen (secondary N) is 2. The monoisotopic (exact) mass is 563 g/mol. The van der Waals surface area contributed by atoms with Crippen molar-refractivity contribution in [3.63, 3.8) is 0 Å². The molecule has 4 rings (SSSR count). The number of rotatable bonds is 8. The molecular weight excluding hydrogens is 534 g/mol. The van der Waals surface area contributed by atoms with Crippen LogP contribution in [0.5, 0.6) is 0 Å². The molecule has 12 heteroatoms. The van der Waals surface area contributed by atoms with E-state index in [-0.39, 0.29) is 24.7 Å². The first-order chi connectivity index (χ1) is 18.7. The summed E-state index contributed by atoms with van der Waals surface area (Å²) in [6.07, 6.45) is -6.07. The van der Waals surface area contributed by atoms with Gasteiger partial charge in [-0.15, -0.1) is 0 Å². The first-order valence-electron chi connectivity index (χ1n) is 12.8. The third-order valence-electron chi connectivity index (χ3n) is 7.14. The van der Waals surface area contributed by atoms with Crippen molar-refractivity contribution in [2.75, 3.05) is 5.32 Å². The van der Waals surface area contributed by atoms with E-state index in [0.29, 0.717) is 27.3 Å². The van der Waals surface area contributed by atoms with Gasteiger partial charge in [-0.2, -0.15) is 13.2 Å². The van der Waals surface area contributed by atoms with Gasteiger partial charge in [-0.3, -0.25) is 19.7 Å². The van der Waals surface area contributed by atoms with Crippen molar-refractivity contribution in [3.8, 4) is 0 Å². The number of ether oxygens (including phenoxy) is 1. The lowest BCUT2D eigenvalue weighted by Gasteiger charge is -2.32. The number of carbonyl (C=O) groups is 4. The summed E-state index contributed by atoms with van der Waals surface area (Å²) in [5.74, 6) is -3.15. The summed E-state index contributed by atoms with van der Waals surface area (Å²) < 4.78 is 60.1. The Morgan fingerprint density at radius 3 is 2.38 bits per heavy atom. The Bertz CT molecular complexity index is 1330. The Labute approximate surface area is 228 Å². The quantitative estimate of drug-likeness (QED) is 0.434. The van der Waals surface area contributed by atoms with Crippen molar-refractivity contribution < 1.29 is 41.5 Å². The Balaban J connectivity index is 1.66. The molecule has 0 bridgehead atoms. The van der Waals surface area contributed by atoms with Gasteiger partial charge in [0.25, 0.3) is 5.91 Å². The molecule has 1 saturated heterocycles. The third-order valence-corrected chi connectivity index (χ3v) is 7.14. The van der Waals surface area contributed by atoms with Gasteiger partial charge in [-0.1, -0.05) is 32.0 Å². The number of amides is 4. The van der Waals surface area contributed by atoms with Gasteiger partial charge in [0.15, 0.2) is 0 Å². The zero-order valence-electron chi connectivity index (χ0n) is 22.1. The molecule has 1 unspecified atom stereocenters. The van der Waals surface area contributed by atoms with Crippen LogP contribution in [0.1, 0.15) is 62.6 Å². The van der Waals surface area contributed by atoms with E-state index in [9.17, 15) is 36.7 Å². The highest BCUT2D eigenvalue weighted by molar-refractivity contribution is 6.04. The maximum Gasteiger partial charge on any atom is 0.415 e. The smallest absolute Gasteiger partial charge is 0.415 e. The molecular formula is C28H29F4N3O5. The number of benzene rings is 2. The highest BCUT2D eigenvalue weighted by atomic mass is 19.4. The molecule has 2 aromatic rings. The highest BCUT2D eigenvalue weighted by Gasteiger charge is 2.57. The molecule has 0 saturated carbocycles.